The van der Waals surface area contributed by atoms with Gasteiger partial charge >= 0.3 is 5.97 Å². The van der Waals surface area contributed by atoms with E-state index in [1.165, 1.54) is 372 Å². The number of nitrogens with one attached hydrogen (secondary N) is 1. The van der Waals surface area contributed by atoms with Crippen LogP contribution in [0.4, 0.5) is 0 Å². The zero-order valence-corrected chi connectivity index (χ0v) is 58.6. The molecule has 0 rings (SSSR count). The summed E-state index contributed by atoms with van der Waals surface area (Å²) in [5, 5.41) is 23.4. The summed E-state index contributed by atoms with van der Waals surface area (Å²) in [6.45, 7) is 5.01. The molecule has 86 heavy (non-hydrogen) atoms. The zero-order valence-electron chi connectivity index (χ0n) is 58.6. The molecule has 6 heteroatoms. The van der Waals surface area contributed by atoms with Gasteiger partial charge in [-0.25, -0.2) is 0 Å². The average Bonchev–Trinajstić information content (AvgIpc) is 3.58. The first-order valence-electron chi connectivity index (χ1n) is 39.6. The molecule has 2 atom stereocenters. The van der Waals surface area contributed by atoms with Crippen molar-refractivity contribution in [1.82, 2.24) is 5.32 Å². The third kappa shape index (κ3) is 71.4. The summed E-state index contributed by atoms with van der Waals surface area (Å²) in [4.78, 5) is 24.6. The number of aliphatic hydroxyl groups is 2. The SMILES string of the molecule is CCCCCCCCCCCCCCCCCCCCC(O)C(CO)NC(=O)CCCCCCCCCCCCCCCCCCC/C=C\C/C=C\CCCCCCCCCCCCCOC(=O)CCCCCCCCCCCCCCCCCC. The van der Waals surface area contributed by atoms with Crippen LogP contribution in [-0.2, 0) is 14.3 Å². The van der Waals surface area contributed by atoms with Crippen LogP contribution in [0.3, 0.4) is 0 Å². The van der Waals surface area contributed by atoms with E-state index in [0.717, 1.165) is 44.9 Å². The molecule has 0 aliphatic heterocycles. The molecule has 0 spiro atoms. The molecule has 0 saturated heterocycles. The minimum Gasteiger partial charge on any atom is -0.466 e. The van der Waals surface area contributed by atoms with Gasteiger partial charge in [-0.05, 0) is 57.8 Å². The predicted octanol–water partition coefficient (Wildman–Crippen LogP) is 26.0. The van der Waals surface area contributed by atoms with Gasteiger partial charge in [0.2, 0.25) is 5.91 Å². The molecule has 0 fully saturated rings. The summed E-state index contributed by atoms with van der Waals surface area (Å²) in [5.74, 6) is -0.00686. The van der Waals surface area contributed by atoms with E-state index in [9.17, 15) is 19.8 Å². The van der Waals surface area contributed by atoms with Crippen molar-refractivity contribution in [2.24, 2.45) is 0 Å². The Hall–Kier alpha value is -1.66. The molecule has 0 aromatic heterocycles. The highest BCUT2D eigenvalue weighted by molar-refractivity contribution is 5.76. The Morgan fingerprint density at radius 1 is 0.326 bits per heavy atom. The number of carbonyl (C=O) groups excluding carboxylic acids is 2. The summed E-state index contributed by atoms with van der Waals surface area (Å²) in [5.41, 5.74) is 0. The van der Waals surface area contributed by atoms with Crippen LogP contribution >= 0.6 is 0 Å². The van der Waals surface area contributed by atoms with E-state index < -0.39 is 12.1 Å². The second-order valence-electron chi connectivity index (χ2n) is 27.4. The van der Waals surface area contributed by atoms with Gasteiger partial charge in [0.1, 0.15) is 0 Å². The van der Waals surface area contributed by atoms with E-state index in [1.807, 2.05) is 0 Å². The molecule has 3 N–H and O–H groups in total. The number of hydrogen-bond acceptors (Lipinski definition) is 5. The number of amides is 1. The first-order valence-corrected chi connectivity index (χ1v) is 39.6. The second kappa shape index (κ2) is 75.8. The van der Waals surface area contributed by atoms with Gasteiger partial charge in [0.15, 0.2) is 0 Å². The smallest absolute Gasteiger partial charge is 0.305 e. The minimum absolute atomic E-state index is 0.0212. The molecule has 0 aliphatic carbocycles. The van der Waals surface area contributed by atoms with Gasteiger partial charge < -0.3 is 20.3 Å². The largest absolute Gasteiger partial charge is 0.466 e. The van der Waals surface area contributed by atoms with Crippen LogP contribution in [0.1, 0.15) is 450 Å². The maximum atomic E-state index is 12.5. The Labute approximate surface area is 539 Å². The third-order valence-corrected chi connectivity index (χ3v) is 18.8. The van der Waals surface area contributed by atoms with Gasteiger partial charge in [0.05, 0.1) is 25.4 Å². The molecule has 1 amide bonds. The minimum atomic E-state index is -0.663. The van der Waals surface area contributed by atoms with Crippen LogP contribution in [-0.4, -0.2) is 47.4 Å². The van der Waals surface area contributed by atoms with Crippen molar-refractivity contribution in [3.05, 3.63) is 24.3 Å². The van der Waals surface area contributed by atoms with Crippen LogP contribution in [0.2, 0.25) is 0 Å². The quantitative estimate of drug-likeness (QED) is 0.0320. The zero-order chi connectivity index (χ0) is 62.0. The second-order valence-corrected chi connectivity index (χ2v) is 27.4. The van der Waals surface area contributed by atoms with Crippen molar-refractivity contribution in [2.45, 2.75) is 463 Å². The number of hydrogen-bond donors (Lipinski definition) is 3. The van der Waals surface area contributed by atoms with E-state index in [1.54, 1.807) is 0 Å². The molecular weight excluding hydrogens is 1050 g/mol. The Balaban J connectivity index is 3.36. The van der Waals surface area contributed by atoms with Crippen LogP contribution in [0.5, 0.6) is 0 Å². The summed E-state index contributed by atoms with van der Waals surface area (Å²) in [6.07, 6.45) is 97.0. The van der Waals surface area contributed by atoms with E-state index in [-0.39, 0.29) is 18.5 Å². The monoisotopic (exact) mass is 1210 g/mol. The number of esters is 1. The van der Waals surface area contributed by atoms with E-state index >= 15 is 0 Å². The molecule has 0 radical (unpaired) electrons. The van der Waals surface area contributed by atoms with E-state index in [0.29, 0.717) is 25.9 Å². The molecule has 0 heterocycles. The molecule has 0 aliphatic rings. The normalized spacial score (nSPS) is 12.6. The first kappa shape index (κ1) is 84.3. The van der Waals surface area contributed by atoms with Crippen LogP contribution < -0.4 is 5.32 Å². The first-order chi connectivity index (χ1) is 42.5. The van der Waals surface area contributed by atoms with Crippen molar-refractivity contribution in [3.8, 4) is 0 Å². The standard InChI is InChI=1S/C80H155NO5/c1-3-5-7-9-11-13-15-17-19-21-41-44-48-52-56-60-64-68-72-78(83)77(76-82)81-79(84)73-69-65-61-57-53-49-45-42-39-37-35-33-31-29-27-25-23-22-24-26-28-30-32-34-36-38-40-43-47-51-55-59-63-67-71-75-86-80(85)74-70-66-62-58-54-50-46-20-18-16-14-12-10-8-6-4-2/h24,26,30,32,77-78,82-83H,3-23,25,27-29,31,33-76H2,1-2H3,(H,81,84)/b26-24-,32-30-. The third-order valence-electron chi connectivity index (χ3n) is 18.8. The van der Waals surface area contributed by atoms with E-state index in [4.69, 9.17) is 4.74 Å². The molecule has 0 bridgehead atoms. The molecular formula is C80H155NO5. The number of aliphatic hydroxyl groups excluding tert-OH is 2. The fraction of sp³-hybridized carbons (Fsp3) is 0.925. The number of carbonyl (C=O) groups is 2. The summed E-state index contributed by atoms with van der Waals surface area (Å²) < 4.78 is 5.51. The molecule has 6 nitrogen and oxygen atoms in total. The topological polar surface area (TPSA) is 95.9 Å². The van der Waals surface area contributed by atoms with Gasteiger partial charge in [-0.3, -0.25) is 9.59 Å². The maximum Gasteiger partial charge on any atom is 0.305 e. The lowest BCUT2D eigenvalue weighted by molar-refractivity contribution is -0.143. The number of ether oxygens (including phenoxy) is 1. The fourth-order valence-electron chi connectivity index (χ4n) is 12.7. The van der Waals surface area contributed by atoms with Gasteiger partial charge in [-0.15, -0.1) is 0 Å². The molecule has 0 aromatic rings. The molecule has 0 saturated carbocycles. The van der Waals surface area contributed by atoms with E-state index in [2.05, 4.69) is 43.5 Å². The van der Waals surface area contributed by atoms with Crippen molar-refractivity contribution < 1.29 is 24.5 Å². The highest BCUT2D eigenvalue weighted by Gasteiger charge is 2.20. The predicted molar refractivity (Wildman–Crippen MR) is 380 cm³/mol. The van der Waals surface area contributed by atoms with Crippen molar-refractivity contribution in [1.29, 1.82) is 0 Å². The van der Waals surface area contributed by atoms with Gasteiger partial charge in [0, 0.05) is 12.8 Å². The highest BCUT2D eigenvalue weighted by atomic mass is 16.5. The van der Waals surface area contributed by atoms with Crippen molar-refractivity contribution >= 4 is 11.9 Å². The maximum absolute atomic E-state index is 12.5. The molecule has 510 valence electrons. The van der Waals surface area contributed by atoms with Crippen molar-refractivity contribution in [2.75, 3.05) is 13.2 Å². The Bertz CT molecular complexity index is 1350. The summed E-state index contributed by atoms with van der Waals surface area (Å²) in [7, 11) is 0. The number of rotatable bonds is 75. The summed E-state index contributed by atoms with van der Waals surface area (Å²) >= 11 is 0. The summed E-state index contributed by atoms with van der Waals surface area (Å²) in [6, 6.07) is -0.540. The average molecular weight is 1210 g/mol. The van der Waals surface area contributed by atoms with Crippen LogP contribution in [0, 0.1) is 0 Å². The number of unbranched alkanes of at least 4 members (excludes halogenated alkanes) is 60. The highest BCUT2D eigenvalue weighted by Crippen LogP contribution is 2.20. The lowest BCUT2D eigenvalue weighted by Crippen LogP contribution is -2.45. The Morgan fingerprint density at radius 3 is 0.884 bits per heavy atom. The van der Waals surface area contributed by atoms with Gasteiger partial charge in [-0.2, -0.15) is 0 Å². The van der Waals surface area contributed by atoms with Crippen LogP contribution in [0.25, 0.3) is 0 Å². The lowest BCUT2D eigenvalue weighted by atomic mass is 10.0. The van der Waals surface area contributed by atoms with Gasteiger partial charge in [-0.1, -0.05) is 404 Å². The Kier molecular flexibility index (Phi) is 74.3. The fourth-order valence-corrected chi connectivity index (χ4v) is 12.7. The Morgan fingerprint density at radius 2 is 0.581 bits per heavy atom. The van der Waals surface area contributed by atoms with Crippen LogP contribution in [0.15, 0.2) is 24.3 Å². The van der Waals surface area contributed by atoms with Gasteiger partial charge in [0.25, 0.3) is 0 Å². The van der Waals surface area contributed by atoms with Crippen molar-refractivity contribution in [3.63, 3.8) is 0 Å². The molecule has 0 aromatic carbocycles. The lowest BCUT2D eigenvalue weighted by Gasteiger charge is -2.22. The number of allylic oxidation sites excluding steroid dienone is 4. The molecule has 2 unspecified atom stereocenters.